The minimum absolute atomic E-state index is 0.178. The van der Waals surface area contributed by atoms with E-state index >= 15 is 0 Å². The fraction of sp³-hybridized carbons (Fsp3) is 0.667. The highest BCUT2D eigenvalue weighted by molar-refractivity contribution is 5.78. The van der Waals surface area contributed by atoms with Gasteiger partial charge in [-0.2, -0.15) is 4.68 Å². The van der Waals surface area contributed by atoms with Crippen molar-refractivity contribution in [2.45, 2.75) is 30.3 Å². The Morgan fingerprint density at radius 1 is 1.40 bits per heavy atom. The maximum atomic E-state index is 9.96. The summed E-state index contributed by atoms with van der Waals surface area (Å²) in [7, 11) is 0. The van der Waals surface area contributed by atoms with E-state index in [1.54, 1.807) is 0 Å². The molecule has 0 amide bonds. The number of fused-ring (bicyclic) bond motifs is 1. The molecule has 0 aromatic carbocycles. The van der Waals surface area contributed by atoms with Crippen molar-refractivity contribution in [3.05, 3.63) is 5.69 Å². The predicted octanol–water partition coefficient (Wildman–Crippen LogP) is -3.63. The van der Waals surface area contributed by atoms with E-state index in [-0.39, 0.29) is 5.69 Å². The molecule has 3 heterocycles. The summed E-state index contributed by atoms with van der Waals surface area (Å²) in [5.74, 6) is -1.22. The summed E-state index contributed by atoms with van der Waals surface area (Å²) in [6.07, 6.45) is -3.16. The molecule has 1 saturated heterocycles. The number of aliphatic hydroxyl groups is 3. The number of aliphatic hydroxyl groups excluding tert-OH is 3. The van der Waals surface area contributed by atoms with Gasteiger partial charge < -0.3 is 25.4 Å². The summed E-state index contributed by atoms with van der Waals surface area (Å²) in [5, 5.41) is 39.2. The number of anilines is 1. The zero-order valence-corrected chi connectivity index (χ0v) is 10.3. The van der Waals surface area contributed by atoms with Gasteiger partial charge in [-0.05, 0) is 0 Å². The van der Waals surface area contributed by atoms with Crippen LogP contribution >= 0.6 is 0 Å². The molecule has 20 heavy (non-hydrogen) atoms. The van der Waals surface area contributed by atoms with Crippen LogP contribution in [0.4, 0.5) is 5.82 Å². The van der Waals surface area contributed by atoms with Crippen LogP contribution in [0.25, 0.3) is 0 Å². The summed E-state index contributed by atoms with van der Waals surface area (Å²) in [6, 6.07) is 0. The van der Waals surface area contributed by atoms with Crippen LogP contribution in [0.1, 0.15) is 11.9 Å². The van der Waals surface area contributed by atoms with Gasteiger partial charge in [-0.25, -0.2) is 4.99 Å². The zero-order chi connectivity index (χ0) is 14.5. The number of hydrogen-bond donors (Lipinski definition) is 6. The Labute approximate surface area is 112 Å². The van der Waals surface area contributed by atoms with Gasteiger partial charge in [0.25, 0.3) is 0 Å². The van der Waals surface area contributed by atoms with Crippen LogP contribution in [-0.2, 0) is 10.5 Å². The van der Waals surface area contributed by atoms with E-state index in [2.05, 4.69) is 20.6 Å². The van der Waals surface area contributed by atoms with E-state index in [1.165, 1.54) is 11.0 Å². The molecular formula is C9H15N7O4. The van der Waals surface area contributed by atoms with Crippen molar-refractivity contribution < 1.29 is 20.1 Å². The van der Waals surface area contributed by atoms with Gasteiger partial charge in [0.2, 0.25) is 5.79 Å². The molecule has 0 radical (unpaired) electrons. The first-order chi connectivity index (χ1) is 9.45. The summed E-state index contributed by atoms with van der Waals surface area (Å²) in [6.45, 7) is -0.432. The molecule has 4 atom stereocenters. The maximum Gasteiger partial charge on any atom is 0.210 e. The summed E-state index contributed by atoms with van der Waals surface area (Å²) < 4.78 is 6.56. The van der Waals surface area contributed by atoms with E-state index in [4.69, 9.17) is 21.3 Å². The molecule has 110 valence electrons. The SMILES string of the molecule is NC1(N)N=CNc2c1nnn2[C@@H]1O[C@H](CO)[C@@H](O)[C@H]1O. The Bertz CT molecular complexity index is 544. The highest BCUT2D eigenvalue weighted by Crippen LogP contribution is 2.33. The fourth-order valence-electron chi connectivity index (χ4n) is 2.22. The number of rotatable bonds is 2. The second-order valence-electron chi connectivity index (χ2n) is 4.69. The molecule has 1 fully saturated rings. The third-order valence-corrected chi connectivity index (χ3v) is 3.31. The number of ether oxygens (including phenoxy) is 1. The maximum absolute atomic E-state index is 9.96. The molecule has 1 aromatic heterocycles. The van der Waals surface area contributed by atoms with Gasteiger partial charge in [-0.1, -0.05) is 5.21 Å². The van der Waals surface area contributed by atoms with Gasteiger partial charge in [0.05, 0.1) is 12.9 Å². The highest BCUT2D eigenvalue weighted by Gasteiger charge is 2.46. The molecule has 2 aliphatic heterocycles. The van der Waals surface area contributed by atoms with Gasteiger partial charge in [-0.15, -0.1) is 5.10 Å². The monoisotopic (exact) mass is 285 g/mol. The van der Waals surface area contributed by atoms with Crippen molar-refractivity contribution >= 4 is 12.2 Å². The molecule has 0 saturated carbocycles. The minimum Gasteiger partial charge on any atom is -0.394 e. The lowest BCUT2D eigenvalue weighted by molar-refractivity contribution is -0.0582. The number of nitrogens with zero attached hydrogens (tertiary/aromatic N) is 4. The normalized spacial score (nSPS) is 34.9. The predicted molar refractivity (Wildman–Crippen MR) is 65.2 cm³/mol. The fourth-order valence-corrected chi connectivity index (χ4v) is 2.22. The summed E-state index contributed by atoms with van der Waals surface area (Å²) in [5.41, 5.74) is 11.7. The smallest absolute Gasteiger partial charge is 0.210 e. The van der Waals surface area contributed by atoms with E-state index in [0.717, 1.165) is 0 Å². The molecule has 2 aliphatic rings. The van der Waals surface area contributed by atoms with Crippen molar-refractivity contribution in [2.75, 3.05) is 11.9 Å². The van der Waals surface area contributed by atoms with Crippen LogP contribution in [-0.4, -0.2) is 61.6 Å². The Morgan fingerprint density at radius 3 is 2.80 bits per heavy atom. The molecule has 0 bridgehead atoms. The number of hydrogen-bond acceptors (Lipinski definition) is 10. The largest absolute Gasteiger partial charge is 0.394 e. The lowest BCUT2D eigenvalue weighted by atomic mass is 10.1. The summed E-state index contributed by atoms with van der Waals surface area (Å²) in [4.78, 5) is 3.82. The van der Waals surface area contributed by atoms with Crippen molar-refractivity contribution in [3.8, 4) is 0 Å². The van der Waals surface area contributed by atoms with Crippen LogP contribution in [0.2, 0.25) is 0 Å². The van der Waals surface area contributed by atoms with E-state index < -0.39 is 36.9 Å². The first-order valence-electron chi connectivity index (χ1n) is 5.92. The van der Waals surface area contributed by atoms with Crippen LogP contribution < -0.4 is 16.8 Å². The molecule has 0 spiro atoms. The number of nitrogens with one attached hydrogen (secondary N) is 1. The average Bonchev–Trinajstić information content (AvgIpc) is 2.94. The standard InChI is InChI=1S/C9H15N7O4/c10-9(11)6-7(12-2-13-9)16(15-14-6)8-5(19)4(18)3(1-17)20-8/h2-5,8,17-19H,1,10-11H2,(H,12,13)/t3-,4-,5-,8-/m1/s1. The molecule has 0 unspecified atom stereocenters. The topological polar surface area (TPSA) is 177 Å². The van der Waals surface area contributed by atoms with Crippen LogP contribution in [0.15, 0.2) is 4.99 Å². The summed E-state index contributed by atoms with van der Waals surface area (Å²) >= 11 is 0. The molecular weight excluding hydrogens is 270 g/mol. The first-order valence-corrected chi connectivity index (χ1v) is 5.92. The Hall–Kier alpha value is -1.63. The van der Waals surface area contributed by atoms with E-state index in [1.807, 2.05) is 0 Å². The lowest BCUT2D eigenvalue weighted by Gasteiger charge is -2.23. The van der Waals surface area contributed by atoms with Crippen molar-refractivity contribution in [2.24, 2.45) is 16.5 Å². The third-order valence-electron chi connectivity index (χ3n) is 3.31. The molecule has 3 rings (SSSR count). The van der Waals surface area contributed by atoms with Gasteiger partial charge in [0.15, 0.2) is 17.7 Å². The zero-order valence-electron chi connectivity index (χ0n) is 10.3. The van der Waals surface area contributed by atoms with Crippen molar-refractivity contribution in [1.29, 1.82) is 0 Å². The van der Waals surface area contributed by atoms with Gasteiger partial charge in [0, 0.05) is 0 Å². The number of aromatic nitrogens is 3. The molecule has 1 aromatic rings. The van der Waals surface area contributed by atoms with Gasteiger partial charge in [0.1, 0.15) is 18.3 Å². The molecule has 8 N–H and O–H groups in total. The minimum atomic E-state index is -1.53. The Kier molecular flexibility index (Phi) is 2.97. The highest BCUT2D eigenvalue weighted by atomic mass is 16.6. The van der Waals surface area contributed by atoms with E-state index in [0.29, 0.717) is 5.82 Å². The van der Waals surface area contributed by atoms with Crippen molar-refractivity contribution in [3.63, 3.8) is 0 Å². The van der Waals surface area contributed by atoms with Crippen molar-refractivity contribution in [1.82, 2.24) is 15.0 Å². The second-order valence-corrected chi connectivity index (χ2v) is 4.69. The van der Waals surface area contributed by atoms with Crippen LogP contribution in [0.5, 0.6) is 0 Å². The van der Waals surface area contributed by atoms with Gasteiger partial charge in [-0.3, -0.25) is 11.5 Å². The second kappa shape index (κ2) is 4.44. The average molecular weight is 285 g/mol. The van der Waals surface area contributed by atoms with Gasteiger partial charge >= 0.3 is 0 Å². The van der Waals surface area contributed by atoms with Crippen LogP contribution in [0, 0.1) is 0 Å². The third kappa shape index (κ3) is 1.80. The van der Waals surface area contributed by atoms with E-state index in [9.17, 15) is 10.2 Å². The number of aliphatic imine (C=N–C) groups is 1. The molecule has 11 heteroatoms. The Balaban J connectivity index is 1.96. The molecule has 11 nitrogen and oxygen atoms in total. The lowest BCUT2D eigenvalue weighted by Crippen LogP contribution is -2.47. The first kappa shape index (κ1) is 13.4. The Morgan fingerprint density at radius 2 is 2.15 bits per heavy atom. The quantitative estimate of drug-likeness (QED) is 0.299. The van der Waals surface area contributed by atoms with Crippen LogP contribution in [0.3, 0.4) is 0 Å². The number of nitrogens with two attached hydrogens (primary N) is 2. The molecule has 0 aliphatic carbocycles.